The molecule has 0 aliphatic heterocycles. The Labute approximate surface area is 310 Å². The SMILES string of the molecule is COc1ccc(-c2cc3ccc(SCCC(F)(F)OC(F)(F)OC(F)(F)CCOC(=O)C(CC(C)(C)I)C(C)(C)N)cc3oc2=O)c(C(F)(F)F)c1. The van der Waals surface area contributed by atoms with Crippen LogP contribution < -0.4 is 16.1 Å². The molecule has 0 aliphatic carbocycles. The number of hydrogen-bond donors (Lipinski definition) is 1. The van der Waals surface area contributed by atoms with Crippen molar-refractivity contribution in [3.8, 4) is 16.9 Å². The highest BCUT2D eigenvalue weighted by atomic mass is 127. The minimum absolute atomic E-state index is 0.0967. The molecule has 1 unspecified atom stereocenters. The number of nitrogens with two attached hydrogens (primary N) is 1. The van der Waals surface area contributed by atoms with Crippen LogP contribution in [0.3, 0.4) is 0 Å². The molecule has 19 heteroatoms. The molecule has 2 aromatic carbocycles. The summed E-state index contributed by atoms with van der Waals surface area (Å²) in [6, 6.07) is 8.05. The minimum atomic E-state index is -5.46. The summed E-state index contributed by atoms with van der Waals surface area (Å²) in [5, 5.41) is 0.177. The first-order valence-corrected chi connectivity index (χ1v) is 17.3. The van der Waals surface area contributed by atoms with Gasteiger partial charge in [0.2, 0.25) is 0 Å². The molecule has 8 nitrogen and oxygen atoms in total. The molecule has 0 aliphatic rings. The van der Waals surface area contributed by atoms with E-state index in [9.17, 15) is 49.1 Å². The van der Waals surface area contributed by atoms with Gasteiger partial charge in [0.1, 0.15) is 11.3 Å². The van der Waals surface area contributed by atoms with E-state index in [1.165, 1.54) is 45.2 Å². The molecule has 0 amide bonds. The van der Waals surface area contributed by atoms with Crippen molar-refractivity contribution in [2.75, 3.05) is 19.5 Å². The molecule has 2 N–H and O–H groups in total. The molecule has 3 rings (SSSR count). The third kappa shape index (κ3) is 13.0. The molecular weight excluding hydrogens is 852 g/mol. The monoisotopic (exact) mass is 887 g/mol. The van der Waals surface area contributed by atoms with E-state index in [4.69, 9.17) is 19.6 Å². The first-order valence-electron chi connectivity index (χ1n) is 15.3. The number of carbonyl (C=O) groups excluding carboxylic acids is 1. The van der Waals surface area contributed by atoms with Crippen LogP contribution in [0.5, 0.6) is 5.75 Å². The lowest BCUT2D eigenvalue weighted by molar-refractivity contribution is -0.514. The van der Waals surface area contributed by atoms with E-state index in [2.05, 4.69) is 32.1 Å². The van der Waals surface area contributed by atoms with Crippen molar-refractivity contribution in [1.29, 1.82) is 0 Å². The van der Waals surface area contributed by atoms with Gasteiger partial charge >= 0.3 is 36.3 Å². The maximum Gasteiger partial charge on any atom is 0.494 e. The fourth-order valence-electron chi connectivity index (χ4n) is 4.75. The molecule has 1 aromatic heterocycles. The summed E-state index contributed by atoms with van der Waals surface area (Å²) in [7, 11) is 1.17. The zero-order valence-corrected chi connectivity index (χ0v) is 31.3. The molecule has 0 spiro atoms. The lowest BCUT2D eigenvalue weighted by atomic mass is 9.82. The Morgan fingerprint density at radius 1 is 0.885 bits per heavy atom. The molecule has 0 saturated carbocycles. The van der Waals surface area contributed by atoms with Gasteiger partial charge in [0, 0.05) is 37.0 Å². The van der Waals surface area contributed by atoms with E-state index < -0.39 is 93.1 Å². The van der Waals surface area contributed by atoms with Crippen LogP contribution in [0.1, 0.15) is 52.5 Å². The highest BCUT2D eigenvalue weighted by Crippen LogP contribution is 2.40. The van der Waals surface area contributed by atoms with E-state index in [1.54, 1.807) is 13.8 Å². The van der Waals surface area contributed by atoms with Crippen molar-refractivity contribution in [2.45, 2.75) is 85.5 Å². The first-order chi connectivity index (χ1) is 23.6. The summed E-state index contributed by atoms with van der Waals surface area (Å²) in [6.07, 6.45) is -22.5. The topological polar surface area (TPSA) is 110 Å². The summed E-state index contributed by atoms with van der Waals surface area (Å²) in [4.78, 5) is 25.4. The normalized spacial score (nSPS) is 14.1. The van der Waals surface area contributed by atoms with Gasteiger partial charge in [-0.05, 0) is 56.7 Å². The summed E-state index contributed by atoms with van der Waals surface area (Å²) in [5.74, 6) is -2.60. The third-order valence-electron chi connectivity index (χ3n) is 7.24. The standard InChI is InChI=1S/C33H35F9INO7S/c1-28(2,43)17-24(29(3,4)44)27(46)48-12-10-30(34,35)50-33(41,42)51-31(36,37)11-13-52-20-8-6-18-14-22(26(45)49-25(18)16-20)21-9-7-19(47-5)15-23(21)32(38,39)40/h6-9,14-16,24H,10-13,17,44H2,1-5H3. The van der Waals surface area contributed by atoms with Crippen LogP contribution in [0.15, 0.2) is 56.6 Å². The number of halogens is 10. The molecule has 0 fully saturated rings. The number of hydrogen-bond acceptors (Lipinski definition) is 9. The van der Waals surface area contributed by atoms with E-state index >= 15 is 0 Å². The van der Waals surface area contributed by atoms with E-state index in [0.29, 0.717) is 11.8 Å². The van der Waals surface area contributed by atoms with Gasteiger partial charge in [0.15, 0.2) is 0 Å². The van der Waals surface area contributed by atoms with Crippen LogP contribution in [0.25, 0.3) is 22.1 Å². The molecule has 0 bridgehead atoms. The predicted molar refractivity (Wildman–Crippen MR) is 182 cm³/mol. The van der Waals surface area contributed by atoms with Crippen LogP contribution >= 0.6 is 34.4 Å². The van der Waals surface area contributed by atoms with Crippen LogP contribution in [-0.4, -0.2) is 52.9 Å². The first kappa shape index (κ1) is 43.7. The molecule has 3 aromatic rings. The Kier molecular flexibility index (Phi) is 13.7. The lowest BCUT2D eigenvalue weighted by Gasteiger charge is -2.33. The van der Waals surface area contributed by atoms with Crippen molar-refractivity contribution in [2.24, 2.45) is 11.7 Å². The summed E-state index contributed by atoms with van der Waals surface area (Å²) in [5.41, 5.74) is 1.63. The summed E-state index contributed by atoms with van der Waals surface area (Å²) < 4.78 is 147. The van der Waals surface area contributed by atoms with Gasteiger partial charge in [-0.2, -0.15) is 30.7 Å². The number of carbonyl (C=O) groups is 1. The lowest BCUT2D eigenvalue weighted by Crippen LogP contribution is -2.48. The maximum atomic E-state index is 14.3. The van der Waals surface area contributed by atoms with E-state index in [1.807, 2.05) is 0 Å². The number of thioether (sulfide) groups is 1. The van der Waals surface area contributed by atoms with Crippen molar-refractivity contribution >= 4 is 51.3 Å². The maximum absolute atomic E-state index is 14.3. The number of methoxy groups -OCH3 is 1. The second-order valence-electron chi connectivity index (χ2n) is 12.8. The van der Waals surface area contributed by atoms with Gasteiger partial charge in [-0.25, -0.2) is 14.3 Å². The second-order valence-corrected chi connectivity index (χ2v) is 16.9. The Hall–Kier alpha value is -2.75. The fraction of sp³-hybridized carbons (Fsp3) is 0.515. The second kappa shape index (κ2) is 16.3. The summed E-state index contributed by atoms with van der Waals surface area (Å²) >= 11 is 2.72. The number of alkyl halides is 10. The summed E-state index contributed by atoms with van der Waals surface area (Å²) in [6.45, 7) is 5.55. The van der Waals surface area contributed by atoms with Gasteiger partial charge in [-0.15, -0.1) is 20.5 Å². The van der Waals surface area contributed by atoms with E-state index in [0.717, 1.165) is 18.2 Å². The average molecular weight is 888 g/mol. The fourth-order valence-corrected chi connectivity index (χ4v) is 6.12. The zero-order valence-electron chi connectivity index (χ0n) is 28.3. The molecule has 1 atom stereocenters. The van der Waals surface area contributed by atoms with Crippen LogP contribution in [0, 0.1) is 5.92 Å². The highest BCUT2D eigenvalue weighted by molar-refractivity contribution is 14.1. The molecule has 0 radical (unpaired) electrons. The van der Waals surface area contributed by atoms with Crippen molar-refractivity contribution in [3.05, 3.63) is 58.4 Å². The molecule has 290 valence electrons. The molecule has 52 heavy (non-hydrogen) atoms. The van der Waals surface area contributed by atoms with Gasteiger partial charge in [-0.3, -0.25) is 4.79 Å². The smallest absolute Gasteiger partial charge is 0.494 e. The zero-order chi connectivity index (χ0) is 39.5. The Balaban J connectivity index is 1.60. The average Bonchev–Trinajstić information content (AvgIpc) is 2.96. The minimum Gasteiger partial charge on any atom is -0.497 e. The van der Waals surface area contributed by atoms with Gasteiger partial charge in [0.25, 0.3) is 0 Å². The van der Waals surface area contributed by atoms with Crippen molar-refractivity contribution in [3.63, 3.8) is 0 Å². The predicted octanol–water partition coefficient (Wildman–Crippen LogP) is 9.63. The number of fused-ring (bicyclic) bond motifs is 1. The highest BCUT2D eigenvalue weighted by Gasteiger charge is 2.52. The third-order valence-corrected chi connectivity index (χ3v) is 8.67. The van der Waals surface area contributed by atoms with Gasteiger partial charge in [-0.1, -0.05) is 42.5 Å². The Bertz CT molecular complexity index is 1770. The largest absolute Gasteiger partial charge is 0.497 e. The quantitative estimate of drug-likeness (QED) is 0.0270. The number of benzene rings is 2. The van der Waals surface area contributed by atoms with Crippen molar-refractivity contribution in [1.82, 2.24) is 0 Å². The van der Waals surface area contributed by atoms with Gasteiger partial charge < -0.3 is 19.6 Å². The Morgan fingerprint density at radius 2 is 1.50 bits per heavy atom. The van der Waals surface area contributed by atoms with Crippen LogP contribution in [0.4, 0.5) is 39.5 Å². The number of rotatable bonds is 17. The number of ether oxygens (including phenoxy) is 4. The van der Waals surface area contributed by atoms with Crippen LogP contribution in [0.2, 0.25) is 0 Å². The number of esters is 1. The van der Waals surface area contributed by atoms with Crippen molar-refractivity contribution < 1.29 is 67.7 Å². The molecular formula is C33H35F9INO7S. The molecule has 0 saturated heterocycles. The Morgan fingerprint density at radius 3 is 2.06 bits per heavy atom. The van der Waals surface area contributed by atoms with E-state index in [-0.39, 0.29) is 28.0 Å². The van der Waals surface area contributed by atoms with Gasteiger partial charge in [0.05, 0.1) is 37.2 Å². The van der Waals surface area contributed by atoms with Crippen LogP contribution in [-0.2, 0) is 25.2 Å². The molecule has 1 heterocycles.